The summed E-state index contributed by atoms with van der Waals surface area (Å²) in [4.78, 5) is 37.4. The number of benzene rings is 1. The monoisotopic (exact) mass is 463 g/mol. The Morgan fingerprint density at radius 1 is 1.21 bits per heavy atom. The number of hydrogen-bond donors (Lipinski definition) is 1. The highest BCUT2D eigenvalue weighted by Gasteiger charge is 2.28. The molecule has 8 heteroatoms. The van der Waals surface area contributed by atoms with Gasteiger partial charge in [0.05, 0.1) is 18.6 Å². The van der Waals surface area contributed by atoms with Gasteiger partial charge in [-0.3, -0.25) is 14.2 Å². The summed E-state index contributed by atoms with van der Waals surface area (Å²) in [7, 11) is 0. The van der Waals surface area contributed by atoms with Crippen molar-refractivity contribution in [1.82, 2.24) is 19.9 Å². The Balaban J connectivity index is 1.52. The maximum Gasteiger partial charge on any atom is 0.295 e. The molecular weight excluding hydrogens is 430 g/mol. The minimum Gasteiger partial charge on any atom is -0.379 e. The van der Waals surface area contributed by atoms with Crippen LogP contribution in [0.1, 0.15) is 38.7 Å². The molecule has 1 aromatic carbocycles. The van der Waals surface area contributed by atoms with Gasteiger partial charge in [0.1, 0.15) is 5.52 Å². The molecule has 3 heterocycles. The molecule has 4 rings (SSSR count). The number of carbonyl (C=O) groups is 1. The van der Waals surface area contributed by atoms with Crippen LogP contribution in [0, 0.1) is 5.92 Å². The molecule has 1 aliphatic heterocycles. The number of anilines is 1. The first-order chi connectivity index (χ1) is 16.5. The number of fused-ring (bicyclic) bond motifs is 1. The van der Waals surface area contributed by atoms with E-state index >= 15 is 0 Å². The fourth-order valence-electron chi connectivity index (χ4n) is 4.31. The van der Waals surface area contributed by atoms with E-state index in [1.807, 2.05) is 61.2 Å². The molecule has 180 valence electrons. The molecule has 0 unspecified atom stereocenters. The van der Waals surface area contributed by atoms with Gasteiger partial charge in [-0.05, 0) is 50.8 Å². The largest absolute Gasteiger partial charge is 0.379 e. The van der Waals surface area contributed by atoms with E-state index in [-0.39, 0.29) is 23.5 Å². The van der Waals surface area contributed by atoms with E-state index < -0.39 is 0 Å². The second kappa shape index (κ2) is 11.2. The predicted molar refractivity (Wildman–Crippen MR) is 133 cm³/mol. The van der Waals surface area contributed by atoms with Gasteiger partial charge in [0, 0.05) is 32.4 Å². The first-order valence-electron chi connectivity index (χ1n) is 12.1. The van der Waals surface area contributed by atoms with E-state index in [1.54, 1.807) is 10.8 Å². The maximum atomic E-state index is 13.6. The molecular formula is C26H33N5O3. The summed E-state index contributed by atoms with van der Waals surface area (Å²) in [5.41, 5.74) is 2.08. The molecule has 0 saturated carbocycles. The summed E-state index contributed by atoms with van der Waals surface area (Å²) in [5, 5.41) is 3.03. The Labute approximate surface area is 200 Å². The number of ether oxygens (including phenoxy) is 1. The second-order valence-corrected chi connectivity index (χ2v) is 9.01. The van der Waals surface area contributed by atoms with Crippen molar-refractivity contribution in [2.75, 3.05) is 31.1 Å². The zero-order chi connectivity index (χ0) is 23.9. The molecule has 0 radical (unpaired) electrons. The van der Waals surface area contributed by atoms with Crippen LogP contribution in [0.15, 0.2) is 53.5 Å². The summed E-state index contributed by atoms with van der Waals surface area (Å²) in [6, 6.07) is 13.6. The van der Waals surface area contributed by atoms with Gasteiger partial charge in [0.25, 0.3) is 5.56 Å². The van der Waals surface area contributed by atoms with Crippen molar-refractivity contribution >= 4 is 22.9 Å². The lowest BCUT2D eigenvalue weighted by molar-refractivity contribution is -0.125. The third kappa shape index (κ3) is 5.80. The third-order valence-electron chi connectivity index (χ3n) is 6.03. The molecule has 1 amide bonds. The number of piperidine rings is 1. The predicted octanol–water partition coefficient (Wildman–Crippen LogP) is 2.99. The Bertz CT molecular complexity index is 1160. The number of pyridine rings is 1. The van der Waals surface area contributed by atoms with Crippen LogP contribution in [0.3, 0.4) is 0 Å². The second-order valence-electron chi connectivity index (χ2n) is 9.01. The number of rotatable bonds is 9. The summed E-state index contributed by atoms with van der Waals surface area (Å²) in [6.07, 6.45) is 4.29. The highest BCUT2D eigenvalue weighted by molar-refractivity contribution is 5.79. The van der Waals surface area contributed by atoms with Gasteiger partial charge in [-0.1, -0.05) is 30.3 Å². The van der Waals surface area contributed by atoms with Gasteiger partial charge < -0.3 is 15.0 Å². The van der Waals surface area contributed by atoms with E-state index in [2.05, 4.69) is 15.3 Å². The van der Waals surface area contributed by atoms with Crippen LogP contribution in [0.25, 0.3) is 11.2 Å². The fourth-order valence-corrected chi connectivity index (χ4v) is 4.31. The number of nitrogens with one attached hydrogen (secondary N) is 1. The molecule has 2 aromatic heterocycles. The molecule has 3 aromatic rings. The molecule has 0 spiro atoms. The molecule has 34 heavy (non-hydrogen) atoms. The molecule has 0 aliphatic carbocycles. The Morgan fingerprint density at radius 3 is 2.82 bits per heavy atom. The summed E-state index contributed by atoms with van der Waals surface area (Å²) in [5.74, 6) is 0.244. The number of hydrogen-bond acceptors (Lipinski definition) is 6. The molecule has 1 atom stereocenters. The van der Waals surface area contributed by atoms with E-state index in [0.29, 0.717) is 49.8 Å². The summed E-state index contributed by atoms with van der Waals surface area (Å²) < 4.78 is 7.22. The van der Waals surface area contributed by atoms with Crippen LogP contribution in [0.2, 0.25) is 0 Å². The Kier molecular flexibility index (Phi) is 7.90. The van der Waals surface area contributed by atoms with Crippen molar-refractivity contribution < 1.29 is 9.53 Å². The van der Waals surface area contributed by atoms with Crippen LogP contribution in [-0.2, 0) is 16.1 Å². The van der Waals surface area contributed by atoms with E-state index in [9.17, 15) is 9.59 Å². The van der Waals surface area contributed by atoms with Crippen molar-refractivity contribution in [3.8, 4) is 0 Å². The van der Waals surface area contributed by atoms with Crippen molar-refractivity contribution in [1.29, 1.82) is 0 Å². The van der Waals surface area contributed by atoms with Crippen molar-refractivity contribution in [2.24, 2.45) is 5.92 Å². The molecule has 1 saturated heterocycles. The van der Waals surface area contributed by atoms with E-state index in [1.165, 1.54) is 0 Å². The normalized spacial score (nSPS) is 16.2. The van der Waals surface area contributed by atoms with Crippen LogP contribution >= 0.6 is 0 Å². The first-order valence-corrected chi connectivity index (χ1v) is 12.1. The number of carbonyl (C=O) groups excluding carboxylic acids is 1. The van der Waals surface area contributed by atoms with E-state index in [4.69, 9.17) is 4.74 Å². The molecule has 1 fully saturated rings. The number of aromatic nitrogens is 3. The van der Waals surface area contributed by atoms with Crippen molar-refractivity contribution in [3.05, 3.63) is 64.6 Å². The minimum absolute atomic E-state index is 0.0290. The smallest absolute Gasteiger partial charge is 0.295 e. The van der Waals surface area contributed by atoms with Gasteiger partial charge in [-0.15, -0.1) is 0 Å². The Hall–Kier alpha value is -3.26. The Morgan fingerprint density at radius 2 is 2.03 bits per heavy atom. The van der Waals surface area contributed by atoms with Crippen molar-refractivity contribution in [2.45, 2.75) is 45.8 Å². The molecule has 1 N–H and O–H groups in total. The number of nitrogens with zero attached hydrogens (tertiary/aromatic N) is 4. The fraction of sp³-hybridized carbons (Fsp3) is 0.462. The van der Waals surface area contributed by atoms with Crippen molar-refractivity contribution in [3.63, 3.8) is 0 Å². The zero-order valence-electron chi connectivity index (χ0n) is 19.9. The molecule has 1 aliphatic rings. The average Bonchev–Trinajstić information content (AvgIpc) is 2.86. The minimum atomic E-state index is -0.179. The van der Waals surface area contributed by atoms with Gasteiger partial charge in [0.2, 0.25) is 5.91 Å². The van der Waals surface area contributed by atoms with Crippen LogP contribution < -0.4 is 15.8 Å². The molecule has 0 bridgehead atoms. The standard InChI is InChI=1S/C26H33N5O3/c1-19(2)34-16-8-14-28-25(32)21-11-7-15-30(18-21)24-26(33)31(17-20-9-4-3-5-10-20)23-22(29-24)12-6-13-27-23/h3-6,9-10,12-13,19,21H,7-8,11,14-18H2,1-2H3,(H,28,32)/t21-/m0/s1. The van der Waals surface area contributed by atoms with Gasteiger partial charge >= 0.3 is 0 Å². The lowest BCUT2D eigenvalue weighted by atomic mass is 9.97. The lowest BCUT2D eigenvalue weighted by Gasteiger charge is -2.32. The quantitative estimate of drug-likeness (QED) is 0.491. The van der Waals surface area contributed by atoms with E-state index in [0.717, 1.165) is 24.8 Å². The van der Waals surface area contributed by atoms with Crippen LogP contribution in [0.5, 0.6) is 0 Å². The number of amides is 1. The highest BCUT2D eigenvalue weighted by atomic mass is 16.5. The highest BCUT2D eigenvalue weighted by Crippen LogP contribution is 2.22. The van der Waals surface area contributed by atoms with Crippen LogP contribution in [0.4, 0.5) is 5.82 Å². The molecule has 8 nitrogen and oxygen atoms in total. The van der Waals surface area contributed by atoms with Gasteiger partial charge in [-0.25, -0.2) is 9.97 Å². The average molecular weight is 464 g/mol. The summed E-state index contributed by atoms with van der Waals surface area (Å²) >= 11 is 0. The third-order valence-corrected chi connectivity index (χ3v) is 6.03. The lowest BCUT2D eigenvalue weighted by Crippen LogP contribution is -2.46. The first kappa shape index (κ1) is 23.9. The zero-order valence-corrected chi connectivity index (χ0v) is 19.9. The van der Waals surface area contributed by atoms with Gasteiger partial charge in [0.15, 0.2) is 11.5 Å². The topological polar surface area (TPSA) is 89.3 Å². The SMILES string of the molecule is CC(C)OCCCNC(=O)[C@H]1CCCN(c2nc3cccnc3n(Cc3ccccc3)c2=O)C1. The van der Waals surface area contributed by atoms with Crippen LogP contribution in [-0.4, -0.2) is 52.8 Å². The summed E-state index contributed by atoms with van der Waals surface area (Å²) in [6.45, 7) is 6.81. The van der Waals surface area contributed by atoms with Gasteiger partial charge in [-0.2, -0.15) is 0 Å². The maximum absolute atomic E-state index is 13.6.